The van der Waals surface area contributed by atoms with Gasteiger partial charge in [-0.2, -0.15) is 0 Å². The molecule has 2 aliphatic rings. The van der Waals surface area contributed by atoms with Crippen LogP contribution in [0.5, 0.6) is 0 Å². The summed E-state index contributed by atoms with van der Waals surface area (Å²) >= 11 is 1.77. The Morgan fingerprint density at radius 2 is 2.57 bits per heavy atom. The van der Waals surface area contributed by atoms with E-state index in [9.17, 15) is 4.79 Å². The molecule has 14 heavy (non-hydrogen) atoms. The van der Waals surface area contributed by atoms with E-state index in [2.05, 4.69) is 17.1 Å². The van der Waals surface area contributed by atoms with Crippen LogP contribution in [-0.2, 0) is 4.79 Å². The van der Waals surface area contributed by atoms with Crippen molar-refractivity contribution in [1.29, 1.82) is 0 Å². The number of rotatable bonds is 2. The Kier molecular flexibility index (Phi) is 2.72. The Labute approximate surface area is 88.0 Å². The van der Waals surface area contributed by atoms with E-state index in [0.29, 0.717) is 5.75 Å². The quantitative estimate of drug-likeness (QED) is 0.690. The molecule has 0 aromatic carbocycles. The Morgan fingerprint density at radius 1 is 1.79 bits per heavy atom. The number of aliphatic carboxylic acids is 1. The molecule has 1 spiro atoms. The highest BCUT2D eigenvalue weighted by atomic mass is 32.2. The van der Waals surface area contributed by atoms with Crippen molar-refractivity contribution in [1.82, 2.24) is 10.2 Å². The molecule has 0 saturated carbocycles. The highest BCUT2D eigenvalue weighted by Gasteiger charge is 2.45. The van der Waals surface area contributed by atoms with E-state index in [0.717, 1.165) is 26.1 Å². The molecule has 2 unspecified atom stereocenters. The van der Waals surface area contributed by atoms with E-state index in [1.165, 1.54) is 0 Å². The van der Waals surface area contributed by atoms with Gasteiger partial charge in [0.1, 0.15) is 6.04 Å². The lowest BCUT2D eigenvalue weighted by Crippen LogP contribution is -2.46. The third-order valence-corrected chi connectivity index (χ3v) is 4.52. The molecule has 0 bridgehead atoms. The number of likely N-dealkylation sites (N-methyl/N-ethyl adjacent to an activating group) is 1. The van der Waals surface area contributed by atoms with Crippen LogP contribution in [0.4, 0.5) is 0 Å². The number of carboxylic acids is 1. The lowest BCUT2D eigenvalue weighted by molar-refractivity contribution is -0.138. The first-order valence-electron chi connectivity index (χ1n) is 5.02. The van der Waals surface area contributed by atoms with Gasteiger partial charge in [-0.25, -0.2) is 0 Å². The van der Waals surface area contributed by atoms with Crippen molar-refractivity contribution in [2.45, 2.75) is 24.3 Å². The first kappa shape index (κ1) is 10.3. The van der Waals surface area contributed by atoms with Crippen LogP contribution in [-0.4, -0.2) is 52.3 Å². The molecule has 0 amide bonds. The lowest BCUT2D eigenvalue weighted by Gasteiger charge is -2.23. The summed E-state index contributed by atoms with van der Waals surface area (Å²) in [6.45, 7) is 5.27. The van der Waals surface area contributed by atoms with Crippen LogP contribution in [0, 0.1) is 0 Å². The minimum atomic E-state index is -0.718. The van der Waals surface area contributed by atoms with Crippen molar-refractivity contribution < 1.29 is 9.90 Å². The van der Waals surface area contributed by atoms with Gasteiger partial charge in [-0.05, 0) is 13.0 Å². The molecule has 2 N–H and O–H groups in total. The average molecular weight is 216 g/mol. The summed E-state index contributed by atoms with van der Waals surface area (Å²) in [5, 5.41) is 12.1. The predicted octanol–water partition coefficient (Wildman–Crippen LogP) is 0.198. The largest absolute Gasteiger partial charge is 0.480 e. The van der Waals surface area contributed by atoms with Crippen LogP contribution >= 0.6 is 11.8 Å². The molecule has 2 saturated heterocycles. The van der Waals surface area contributed by atoms with Crippen molar-refractivity contribution in [3.05, 3.63) is 0 Å². The van der Waals surface area contributed by atoms with E-state index < -0.39 is 5.97 Å². The highest BCUT2D eigenvalue weighted by molar-refractivity contribution is 8.01. The van der Waals surface area contributed by atoms with Crippen molar-refractivity contribution >= 4 is 17.7 Å². The summed E-state index contributed by atoms with van der Waals surface area (Å²) in [5.41, 5.74) is 0. The SMILES string of the molecule is CCN1CCC2(C1)NC(C(=O)O)CS2. The van der Waals surface area contributed by atoms with Gasteiger partial charge in [0, 0.05) is 18.8 Å². The number of hydrogen-bond acceptors (Lipinski definition) is 4. The molecule has 2 atom stereocenters. The fraction of sp³-hybridized carbons (Fsp3) is 0.889. The zero-order valence-corrected chi connectivity index (χ0v) is 9.14. The first-order chi connectivity index (χ1) is 6.65. The van der Waals surface area contributed by atoms with Gasteiger partial charge in [-0.1, -0.05) is 6.92 Å². The van der Waals surface area contributed by atoms with E-state index in [4.69, 9.17) is 5.11 Å². The molecule has 2 rings (SSSR count). The maximum absolute atomic E-state index is 10.8. The van der Waals surface area contributed by atoms with Crippen molar-refractivity contribution in [2.24, 2.45) is 0 Å². The summed E-state index contributed by atoms with van der Waals surface area (Å²) in [5.74, 6) is -0.0169. The second-order valence-electron chi connectivity index (χ2n) is 3.96. The third-order valence-electron chi connectivity index (χ3n) is 3.02. The molecule has 0 aromatic heterocycles. The molecule has 0 radical (unpaired) electrons. The number of hydrogen-bond donors (Lipinski definition) is 2. The van der Waals surface area contributed by atoms with Gasteiger partial charge in [-0.3, -0.25) is 10.1 Å². The molecule has 2 aliphatic heterocycles. The van der Waals surface area contributed by atoms with Crippen molar-refractivity contribution in [2.75, 3.05) is 25.4 Å². The van der Waals surface area contributed by atoms with Crippen LogP contribution in [0.15, 0.2) is 0 Å². The van der Waals surface area contributed by atoms with Crippen molar-refractivity contribution in [3.8, 4) is 0 Å². The lowest BCUT2D eigenvalue weighted by atomic mass is 10.2. The van der Waals surface area contributed by atoms with Crippen molar-refractivity contribution in [3.63, 3.8) is 0 Å². The van der Waals surface area contributed by atoms with E-state index in [-0.39, 0.29) is 10.9 Å². The van der Waals surface area contributed by atoms with Gasteiger partial charge in [0.25, 0.3) is 0 Å². The first-order valence-corrected chi connectivity index (χ1v) is 6.00. The molecule has 0 aliphatic carbocycles. The number of thioether (sulfide) groups is 1. The zero-order valence-electron chi connectivity index (χ0n) is 8.32. The summed E-state index contributed by atoms with van der Waals surface area (Å²) in [7, 11) is 0. The molecular formula is C9H16N2O2S. The minimum absolute atomic E-state index is 0.0269. The van der Waals surface area contributed by atoms with Gasteiger partial charge < -0.3 is 10.0 Å². The van der Waals surface area contributed by atoms with E-state index in [1.807, 2.05) is 0 Å². The number of nitrogens with one attached hydrogen (secondary N) is 1. The Hall–Kier alpha value is -0.260. The molecule has 2 fully saturated rings. The molecule has 5 heteroatoms. The monoisotopic (exact) mass is 216 g/mol. The summed E-state index contributed by atoms with van der Waals surface area (Å²) in [4.78, 5) is 13.2. The number of carbonyl (C=O) groups is 1. The second kappa shape index (κ2) is 3.72. The van der Waals surface area contributed by atoms with E-state index in [1.54, 1.807) is 11.8 Å². The van der Waals surface area contributed by atoms with Crippen LogP contribution in [0.25, 0.3) is 0 Å². The fourth-order valence-corrected chi connectivity index (χ4v) is 3.59. The number of likely N-dealkylation sites (tertiary alicyclic amines) is 1. The van der Waals surface area contributed by atoms with Crippen LogP contribution in [0.2, 0.25) is 0 Å². The van der Waals surface area contributed by atoms with Crippen LogP contribution in [0.3, 0.4) is 0 Å². The summed E-state index contributed by atoms with van der Waals surface area (Å²) in [6, 6.07) is -0.350. The molecular weight excluding hydrogens is 200 g/mol. The number of nitrogens with zero attached hydrogens (tertiary/aromatic N) is 1. The molecule has 2 heterocycles. The fourth-order valence-electron chi connectivity index (χ4n) is 2.14. The molecule has 0 aromatic rings. The van der Waals surface area contributed by atoms with Crippen LogP contribution < -0.4 is 5.32 Å². The normalized spacial score (nSPS) is 38.2. The Balaban J connectivity index is 1.97. The zero-order chi connectivity index (χ0) is 10.2. The average Bonchev–Trinajstić information content (AvgIpc) is 2.74. The summed E-state index contributed by atoms with van der Waals surface area (Å²) in [6.07, 6.45) is 1.06. The highest BCUT2D eigenvalue weighted by Crippen LogP contribution is 2.38. The maximum Gasteiger partial charge on any atom is 0.321 e. The van der Waals surface area contributed by atoms with Gasteiger partial charge in [0.05, 0.1) is 4.87 Å². The summed E-state index contributed by atoms with van der Waals surface area (Å²) < 4.78 is 0. The molecule has 4 nitrogen and oxygen atoms in total. The third kappa shape index (κ3) is 1.76. The maximum atomic E-state index is 10.8. The van der Waals surface area contributed by atoms with Gasteiger partial charge in [0.2, 0.25) is 0 Å². The van der Waals surface area contributed by atoms with Gasteiger partial charge in [0.15, 0.2) is 0 Å². The molecule has 80 valence electrons. The Morgan fingerprint density at radius 3 is 3.07 bits per heavy atom. The smallest absolute Gasteiger partial charge is 0.321 e. The predicted molar refractivity (Wildman–Crippen MR) is 56.5 cm³/mol. The second-order valence-corrected chi connectivity index (χ2v) is 5.36. The minimum Gasteiger partial charge on any atom is -0.480 e. The van der Waals surface area contributed by atoms with Crippen LogP contribution in [0.1, 0.15) is 13.3 Å². The standard InChI is InChI=1S/C9H16N2O2S/c1-2-11-4-3-9(6-11)10-7(5-14-9)8(12)13/h7,10H,2-6H2,1H3,(H,12,13). The topological polar surface area (TPSA) is 52.6 Å². The van der Waals surface area contributed by atoms with Gasteiger partial charge >= 0.3 is 5.97 Å². The van der Waals surface area contributed by atoms with Gasteiger partial charge in [-0.15, -0.1) is 11.8 Å². The Bertz CT molecular complexity index is 249. The van der Waals surface area contributed by atoms with E-state index >= 15 is 0 Å². The number of carboxylic acid groups (broad SMARTS) is 1.